The highest BCUT2D eigenvalue weighted by Crippen LogP contribution is 2.15. The van der Waals surface area contributed by atoms with Crippen molar-refractivity contribution in [2.45, 2.75) is 19.3 Å². The Balaban J connectivity index is 1.60. The van der Waals surface area contributed by atoms with E-state index in [-0.39, 0.29) is 0 Å². The highest BCUT2D eigenvalue weighted by molar-refractivity contribution is 5.39. The van der Waals surface area contributed by atoms with Crippen LogP contribution in [0.5, 0.6) is 0 Å². The molecule has 17 heavy (non-hydrogen) atoms. The van der Waals surface area contributed by atoms with Crippen molar-refractivity contribution in [3.63, 3.8) is 0 Å². The average Bonchev–Trinajstić information content (AvgIpc) is 2.38. The van der Waals surface area contributed by atoms with Crippen molar-refractivity contribution in [2.24, 2.45) is 5.92 Å². The highest BCUT2D eigenvalue weighted by atomic mass is 16.5. The molecule has 1 aromatic rings. The number of ether oxygens (including phenoxy) is 2. The number of benzene rings is 1. The van der Waals surface area contributed by atoms with Gasteiger partial charge in [0.1, 0.15) is 0 Å². The molecule has 0 radical (unpaired) electrons. The van der Waals surface area contributed by atoms with E-state index in [1.54, 1.807) is 0 Å². The Morgan fingerprint density at radius 1 is 1.18 bits per heavy atom. The van der Waals surface area contributed by atoms with E-state index in [4.69, 9.17) is 15.2 Å². The third-order valence-electron chi connectivity index (χ3n) is 3.21. The molecule has 0 amide bonds. The largest absolute Gasteiger partial charge is 0.399 e. The molecule has 94 valence electrons. The fraction of sp³-hybridized carbons (Fsp3) is 0.571. The van der Waals surface area contributed by atoms with Crippen molar-refractivity contribution < 1.29 is 9.47 Å². The van der Waals surface area contributed by atoms with Gasteiger partial charge in [-0.2, -0.15) is 0 Å². The van der Waals surface area contributed by atoms with Gasteiger partial charge in [0.2, 0.25) is 0 Å². The molecule has 3 nitrogen and oxygen atoms in total. The topological polar surface area (TPSA) is 44.5 Å². The van der Waals surface area contributed by atoms with Gasteiger partial charge in [-0.25, -0.2) is 0 Å². The molecule has 0 aliphatic carbocycles. The minimum Gasteiger partial charge on any atom is -0.399 e. The second-order valence-electron chi connectivity index (χ2n) is 4.62. The molecule has 0 saturated carbocycles. The van der Waals surface area contributed by atoms with E-state index in [0.717, 1.165) is 51.4 Å². The lowest BCUT2D eigenvalue weighted by atomic mass is 10.0. The molecule has 0 aromatic heterocycles. The van der Waals surface area contributed by atoms with E-state index >= 15 is 0 Å². The molecule has 2 N–H and O–H groups in total. The van der Waals surface area contributed by atoms with Gasteiger partial charge in [0.25, 0.3) is 0 Å². The van der Waals surface area contributed by atoms with Gasteiger partial charge in [-0.05, 0) is 42.9 Å². The standard InChI is InChI=1S/C14H21NO2/c15-14-3-1-12(2-4-14)5-10-17-11-13-6-8-16-9-7-13/h1-4,13H,5-11,15H2. The number of hydrogen-bond acceptors (Lipinski definition) is 3. The maximum atomic E-state index is 5.72. The number of nitrogens with two attached hydrogens (primary N) is 1. The summed E-state index contributed by atoms with van der Waals surface area (Å²) in [5, 5.41) is 0. The quantitative estimate of drug-likeness (QED) is 0.629. The van der Waals surface area contributed by atoms with Crippen molar-refractivity contribution in [3.8, 4) is 0 Å². The molecule has 1 aliphatic heterocycles. The van der Waals surface area contributed by atoms with E-state index in [1.165, 1.54) is 5.56 Å². The Morgan fingerprint density at radius 3 is 2.59 bits per heavy atom. The summed E-state index contributed by atoms with van der Waals surface area (Å²) in [6, 6.07) is 8.00. The predicted octanol–water partition coefficient (Wildman–Crippen LogP) is 2.25. The summed E-state index contributed by atoms with van der Waals surface area (Å²) in [6.07, 6.45) is 3.24. The minimum absolute atomic E-state index is 0.690. The monoisotopic (exact) mass is 235 g/mol. The fourth-order valence-corrected chi connectivity index (χ4v) is 2.04. The SMILES string of the molecule is Nc1ccc(CCOCC2CCOCC2)cc1. The van der Waals surface area contributed by atoms with Crippen LogP contribution >= 0.6 is 0 Å². The summed E-state index contributed by atoms with van der Waals surface area (Å²) >= 11 is 0. The van der Waals surface area contributed by atoms with Gasteiger partial charge in [0.15, 0.2) is 0 Å². The van der Waals surface area contributed by atoms with Crippen LogP contribution in [0.1, 0.15) is 18.4 Å². The second-order valence-corrected chi connectivity index (χ2v) is 4.62. The van der Waals surface area contributed by atoms with E-state index < -0.39 is 0 Å². The maximum absolute atomic E-state index is 5.72. The highest BCUT2D eigenvalue weighted by Gasteiger charge is 2.13. The van der Waals surface area contributed by atoms with Gasteiger partial charge < -0.3 is 15.2 Å². The zero-order valence-electron chi connectivity index (χ0n) is 10.2. The predicted molar refractivity (Wildman–Crippen MR) is 68.9 cm³/mol. The van der Waals surface area contributed by atoms with E-state index in [9.17, 15) is 0 Å². The Morgan fingerprint density at radius 2 is 1.88 bits per heavy atom. The summed E-state index contributed by atoms with van der Waals surface area (Å²) in [5.41, 5.74) is 7.74. The molecule has 0 unspecified atom stereocenters. The van der Waals surface area contributed by atoms with E-state index in [1.807, 2.05) is 12.1 Å². The van der Waals surface area contributed by atoms with Gasteiger partial charge in [-0.1, -0.05) is 12.1 Å². The van der Waals surface area contributed by atoms with Crippen molar-refractivity contribution >= 4 is 5.69 Å². The van der Waals surface area contributed by atoms with Crippen molar-refractivity contribution in [2.75, 3.05) is 32.2 Å². The molecule has 0 bridgehead atoms. The van der Waals surface area contributed by atoms with E-state index in [0.29, 0.717) is 5.92 Å². The molecule has 0 spiro atoms. The Labute approximate surface area is 103 Å². The molecule has 3 heteroatoms. The first-order chi connectivity index (χ1) is 8.34. The molecule has 0 atom stereocenters. The first-order valence-corrected chi connectivity index (χ1v) is 6.34. The smallest absolute Gasteiger partial charge is 0.0506 e. The van der Waals surface area contributed by atoms with Crippen LogP contribution < -0.4 is 5.73 Å². The molecule has 1 aromatic carbocycles. The lowest BCUT2D eigenvalue weighted by Crippen LogP contribution is -2.20. The number of hydrogen-bond donors (Lipinski definition) is 1. The number of anilines is 1. The van der Waals surface area contributed by atoms with Crippen molar-refractivity contribution in [1.29, 1.82) is 0 Å². The number of rotatable bonds is 5. The van der Waals surface area contributed by atoms with Crippen LogP contribution in [0.15, 0.2) is 24.3 Å². The number of nitrogen functional groups attached to an aromatic ring is 1. The molecule has 1 heterocycles. The van der Waals surface area contributed by atoms with Crippen LogP contribution in [0.4, 0.5) is 5.69 Å². The Bertz CT molecular complexity index is 317. The van der Waals surface area contributed by atoms with Crippen LogP contribution in [0.2, 0.25) is 0 Å². The zero-order valence-corrected chi connectivity index (χ0v) is 10.2. The summed E-state index contributed by atoms with van der Waals surface area (Å²) in [7, 11) is 0. The summed E-state index contributed by atoms with van der Waals surface area (Å²) in [6.45, 7) is 3.46. The Hall–Kier alpha value is -1.06. The van der Waals surface area contributed by atoms with Crippen LogP contribution in [-0.4, -0.2) is 26.4 Å². The molecule has 1 fully saturated rings. The molecular weight excluding hydrogens is 214 g/mol. The molecule has 1 aliphatic rings. The van der Waals surface area contributed by atoms with E-state index in [2.05, 4.69) is 12.1 Å². The summed E-state index contributed by atoms with van der Waals surface area (Å²) < 4.78 is 11.0. The van der Waals surface area contributed by atoms with Crippen LogP contribution in [0, 0.1) is 5.92 Å². The average molecular weight is 235 g/mol. The third kappa shape index (κ3) is 4.36. The first-order valence-electron chi connectivity index (χ1n) is 6.34. The van der Waals surface area contributed by atoms with Gasteiger partial charge in [0, 0.05) is 25.5 Å². The Kier molecular flexibility index (Phi) is 4.83. The third-order valence-corrected chi connectivity index (χ3v) is 3.21. The second kappa shape index (κ2) is 6.62. The van der Waals surface area contributed by atoms with Crippen LogP contribution in [0.3, 0.4) is 0 Å². The molecular formula is C14H21NO2. The van der Waals surface area contributed by atoms with Crippen LogP contribution in [-0.2, 0) is 15.9 Å². The van der Waals surface area contributed by atoms with Crippen molar-refractivity contribution in [3.05, 3.63) is 29.8 Å². The maximum Gasteiger partial charge on any atom is 0.0506 e. The van der Waals surface area contributed by atoms with Gasteiger partial charge >= 0.3 is 0 Å². The zero-order chi connectivity index (χ0) is 11.9. The lowest BCUT2D eigenvalue weighted by Gasteiger charge is -2.21. The lowest BCUT2D eigenvalue weighted by molar-refractivity contribution is 0.0214. The summed E-state index contributed by atoms with van der Waals surface area (Å²) in [5.74, 6) is 0.690. The normalized spacial score (nSPS) is 17.2. The molecule has 1 saturated heterocycles. The minimum atomic E-state index is 0.690. The first kappa shape index (κ1) is 12.4. The fourth-order valence-electron chi connectivity index (χ4n) is 2.04. The van der Waals surface area contributed by atoms with Gasteiger partial charge in [-0.3, -0.25) is 0 Å². The summed E-state index contributed by atoms with van der Waals surface area (Å²) in [4.78, 5) is 0. The van der Waals surface area contributed by atoms with Crippen LogP contribution in [0.25, 0.3) is 0 Å². The van der Waals surface area contributed by atoms with Gasteiger partial charge in [0.05, 0.1) is 6.61 Å². The van der Waals surface area contributed by atoms with Gasteiger partial charge in [-0.15, -0.1) is 0 Å². The van der Waals surface area contributed by atoms with Crippen molar-refractivity contribution in [1.82, 2.24) is 0 Å². The molecule has 2 rings (SSSR count).